The summed E-state index contributed by atoms with van der Waals surface area (Å²) in [7, 11) is 1.77. The van der Waals surface area contributed by atoms with Crippen molar-refractivity contribution in [3.8, 4) is 0 Å². The number of hydrogen-bond donors (Lipinski definition) is 2. The van der Waals surface area contributed by atoms with E-state index in [0.717, 1.165) is 11.3 Å². The zero-order chi connectivity index (χ0) is 10.8. The monoisotopic (exact) mass is 225 g/mol. The Hall–Kier alpha value is -1.30. The topological polar surface area (TPSA) is 56.9 Å². The van der Waals surface area contributed by atoms with E-state index in [0.29, 0.717) is 11.8 Å². The molecule has 3 N–H and O–H groups in total. The molecule has 0 aromatic heterocycles. The van der Waals surface area contributed by atoms with Crippen LogP contribution in [0.4, 0.5) is 5.69 Å². The molecular formula is C9H12ClN5. The van der Waals surface area contributed by atoms with Gasteiger partial charge in [-0.25, -0.2) is 10.1 Å². The number of nitrogens with one attached hydrogen (secondary N) is 1. The van der Waals surface area contributed by atoms with Crippen molar-refractivity contribution in [3.63, 3.8) is 0 Å². The summed E-state index contributed by atoms with van der Waals surface area (Å²) in [5.41, 5.74) is 10.5. The van der Waals surface area contributed by atoms with Gasteiger partial charge < -0.3 is 5.73 Å². The molecule has 0 bridgehead atoms. The van der Waals surface area contributed by atoms with E-state index < -0.39 is 0 Å². The molecule has 15 heavy (non-hydrogen) atoms. The van der Waals surface area contributed by atoms with Gasteiger partial charge in [0.05, 0.1) is 5.69 Å². The predicted octanol–water partition coefficient (Wildman–Crippen LogP) is 0.827. The molecule has 1 aliphatic heterocycles. The van der Waals surface area contributed by atoms with Crippen molar-refractivity contribution >= 4 is 22.6 Å². The number of halogens is 1. The van der Waals surface area contributed by atoms with Crippen molar-refractivity contribution in [1.29, 1.82) is 0 Å². The zero-order valence-corrected chi connectivity index (χ0v) is 9.07. The Morgan fingerprint density at radius 3 is 2.80 bits per heavy atom. The van der Waals surface area contributed by atoms with E-state index >= 15 is 0 Å². The Morgan fingerprint density at radius 1 is 1.47 bits per heavy atom. The molecule has 6 heteroatoms. The van der Waals surface area contributed by atoms with Gasteiger partial charge in [0.2, 0.25) is 5.29 Å². The van der Waals surface area contributed by atoms with E-state index in [1.165, 1.54) is 5.12 Å². The van der Waals surface area contributed by atoms with Gasteiger partial charge in [0.25, 0.3) is 0 Å². The number of hydrazine groups is 2. The van der Waals surface area contributed by atoms with E-state index in [-0.39, 0.29) is 0 Å². The van der Waals surface area contributed by atoms with Crippen molar-refractivity contribution in [2.24, 2.45) is 10.8 Å². The molecule has 0 spiro atoms. The van der Waals surface area contributed by atoms with E-state index in [9.17, 15) is 0 Å². The highest BCUT2D eigenvalue weighted by molar-refractivity contribution is 6.67. The second kappa shape index (κ2) is 4.06. The lowest BCUT2D eigenvalue weighted by Crippen LogP contribution is -2.41. The van der Waals surface area contributed by atoms with Crippen LogP contribution in [0, 0.1) is 0 Å². The maximum Gasteiger partial charge on any atom is 0.239 e. The summed E-state index contributed by atoms with van der Waals surface area (Å²) in [5.74, 6) is 0. The Morgan fingerprint density at radius 2 is 2.20 bits per heavy atom. The van der Waals surface area contributed by atoms with E-state index in [4.69, 9.17) is 17.3 Å². The molecule has 0 saturated heterocycles. The summed E-state index contributed by atoms with van der Waals surface area (Å²) in [5, 5.41) is 7.61. The minimum Gasteiger partial charge on any atom is -0.326 e. The quantitative estimate of drug-likeness (QED) is 0.732. The SMILES string of the molecule is CN1N=C(Cl)N(c2ccccc2CN)N1. The Balaban J connectivity index is 2.34. The lowest BCUT2D eigenvalue weighted by Gasteiger charge is -2.20. The number of hydrazone groups is 1. The van der Waals surface area contributed by atoms with Gasteiger partial charge in [-0.05, 0) is 23.2 Å². The molecule has 5 nitrogen and oxygen atoms in total. The van der Waals surface area contributed by atoms with Crippen LogP contribution in [0.2, 0.25) is 0 Å². The third kappa shape index (κ3) is 1.90. The van der Waals surface area contributed by atoms with Crippen LogP contribution < -0.4 is 16.3 Å². The largest absolute Gasteiger partial charge is 0.326 e. The maximum absolute atomic E-state index is 5.97. The summed E-state index contributed by atoms with van der Waals surface area (Å²) in [6, 6.07) is 7.76. The van der Waals surface area contributed by atoms with Gasteiger partial charge in [-0.3, -0.25) is 0 Å². The normalized spacial score (nSPS) is 15.8. The van der Waals surface area contributed by atoms with E-state index in [1.54, 1.807) is 12.1 Å². The first kappa shape index (κ1) is 10.2. The minimum absolute atomic E-state index is 0.374. The third-order valence-corrected chi connectivity index (χ3v) is 2.36. The van der Waals surface area contributed by atoms with Crippen molar-refractivity contribution in [2.75, 3.05) is 12.1 Å². The molecule has 0 radical (unpaired) electrons. The van der Waals surface area contributed by atoms with Gasteiger partial charge in [-0.2, -0.15) is 0 Å². The highest BCUT2D eigenvalue weighted by Gasteiger charge is 2.21. The van der Waals surface area contributed by atoms with Crippen molar-refractivity contribution in [3.05, 3.63) is 29.8 Å². The van der Waals surface area contributed by atoms with Gasteiger partial charge in [-0.15, -0.1) is 10.6 Å². The molecule has 1 aromatic rings. The number of rotatable bonds is 2. The first-order chi connectivity index (χ1) is 7.22. The number of nitrogens with zero attached hydrogens (tertiary/aromatic N) is 3. The highest BCUT2D eigenvalue weighted by Crippen LogP contribution is 2.22. The van der Waals surface area contributed by atoms with Gasteiger partial charge in [-0.1, -0.05) is 18.2 Å². The molecule has 80 valence electrons. The first-order valence-corrected chi connectivity index (χ1v) is 4.92. The van der Waals surface area contributed by atoms with Gasteiger partial charge in [0.15, 0.2) is 0 Å². The van der Waals surface area contributed by atoms with Crippen LogP contribution in [0.25, 0.3) is 0 Å². The minimum atomic E-state index is 0.374. The highest BCUT2D eigenvalue weighted by atomic mass is 35.5. The summed E-state index contributed by atoms with van der Waals surface area (Å²) in [6.45, 7) is 0.461. The maximum atomic E-state index is 5.97. The fraction of sp³-hybridized carbons (Fsp3) is 0.222. The van der Waals surface area contributed by atoms with E-state index in [2.05, 4.69) is 10.6 Å². The molecule has 0 aliphatic carbocycles. The van der Waals surface area contributed by atoms with Crippen molar-refractivity contribution in [2.45, 2.75) is 6.54 Å². The number of para-hydroxylation sites is 1. The molecule has 2 rings (SSSR count). The number of anilines is 1. The second-order valence-corrected chi connectivity index (χ2v) is 3.50. The molecule has 1 heterocycles. The summed E-state index contributed by atoms with van der Waals surface area (Å²) in [6.07, 6.45) is 0. The third-order valence-electron chi connectivity index (χ3n) is 2.11. The van der Waals surface area contributed by atoms with Crippen LogP contribution in [0.15, 0.2) is 29.4 Å². The number of benzene rings is 1. The molecule has 1 aromatic carbocycles. The van der Waals surface area contributed by atoms with Crippen LogP contribution in [0.1, 0.15) is 5.56 Å². The van der Waals surface area contributed by atoms with Crippen molar-refractivity contribution < 1.29 is 0 Å². The van der Waals surface area contributed by atoms with Gasteiger partial charge in [0.1, 0.15) is 0 Å². The van der Waals surface area contributed by atoms with Gasteiger partial charge >= 0.3 is 0 Å². The lowest BCUT2D eigenvalue weighted by molar-refractivity contribution is 0.279. The van der Waals surface area contributed by atoms with Crippen LogP contribution in [0.3, 0.4) is 0 Å². The van der Waals surface area contributed by atoms with E-state index in [1.807, 2.05) is 24.3 Å². The van der Waals surface area contributed by atoms with Crippen LogP contribution in [-0.2, 0) is 6.54 Å². The Kier molecular flexibility index (Phi) is 2.77. The lowest BCUT2D eigenvalue weighted by atomic mass is 10.2. The number of nitrogens with two attached hydrogens (primary N) is 1. The zero-order valence-electron chi connectivity index (χ0n) is 8.31. The smallest absolute Gasteiger partial charge is 0.239 e. The number of hydrogen-bond acceptors (Lipinski definition) is 5. The summed E-state index contributed by atoms with van der Waals surface area (Å²) in [4.78, 5) is 0. The summed E-state index contributed by atoms with van der Waals surface area (Å²) >= 11 is 5.97. The first-order valence-electron chi connectivity index (χ1n) is 4.54. The molecule has 0 atom stereocenters. The van der Waals surface area contributed by atoms with Crippen LogP contribution in [0.5, 0.6) is 0 Å². The molecule has 0 amide bonds. The molecule has 0 unspecified atom stereocenters. The average Bonchev–Trinajstić information content (AvgIpc) is 2.57. The molecular weight excluding hydrogens is 214 g/mol. The van der Waals surface area contributed by atoms with Crippen LogP contribution >= 0.6 is 11.6 Å². The predicted molar refractivity (Wildman–Crippen MR) is 61.0 cm³/mol. The fourth-order valence-electron chi connectivity index (χ4n) is 1.43. The standard InChI is InChI=1S/C9H12ClN5/c1-14-12-9(10)15(13-14)8-5-3-2-4-7(8)6-11/h2-5,13H,6,11H2,1H3. The average molecular weight is 226 g/mol. The number of amidine groups is 1. The Labute approximate surface area is 93.0 Å². The summed E-state index contributed by atoms with van der Waals surface area (Å²) < 4.78 is 0. The Bertz CT molecular complexity index is 392. The van der Waals surface area contributed by atoms with Crippen molar-refractivity contribution in [1.82, 2.24) is 10.7 Å². The molecule has 0 saturated carbocycles. The van der Waals surface area contributed by atoms with Gasteiger partial charge in [0, 0.05) is 13.6 Å². The fourth-order valence-corrected chi connectivity index (χ4v) is 1.67. The second-order valence-electron chi connectivity index (χ2n) is 3.16. The molecule has 0 fully saturated rings. The molecule has 1 aliphatic rings. The van der Waals surface area contributed by atoms with Crippen LogP contribution in [-0.4, -0.2) is 17.5 Å².